The van der Waals surface area contributed by atoms with Crippen LogP contribution in [0.4, 0.5) is 0 Å². The molecule has 0 spiro atoms. The molecule has 0 aliphatic heterocycles. The number of carbonyl (C=O) groups excluding carboxylic acids is 1. The summed E-state index contributed by atoms with van der Waals surface area (Å²) in [6.45, 7) is 3.78. The van der Waals surface area contributed by atoms with Gasteiger partial charge >= 0.3 is 5.97 Å². The second-order valence-corrected chi connectivity index (χ2v) is 3.13. The number of nitriles is 1. The molecule has 0 rings (SSSR count). The van der Waals surface area contributed by atoms with Crippen LogP contribution in [0.25, 0.3) is 0 Å². The SMILES string of the molecule is COC(=O)C(C)CC(C)CC#N. The summed E-state index contributed by atoms with van der Waals surface area (Å²) in [7, 11) is 1.38. The molecule has 3 nitrogen and oxygen atoms in total. The molecule has 0 aliphatic carbocycles. The molecule has 0 aromatic rings. The lowest BCUT2D eigenvalue weighted by molar-refractivity contribution is -0.145. The minimum absolute atomic E-state index is 0.0988. The van der Waals surface area contributed by atoms with Gasteiger partial charge in [-0.3, -0.25) is 4.79 Å². The predicted octanol–water partition coefficient (Wildman–Crippen LogP) is 1.74. The van der Waals surface area contributed by atoms with Gasteiger partial charge in [0.2, 0.25) is 0 Å². The Bertz CT molecular complexity index is 183. The van der Waals surface area contributed by atoms with E-state index in [0.717, 1.165) is 6.42 Å². The van der Waals surface area contributed by atoms with Crippen molar-refractivity contribution in [3.8, 4) is 6.07 Å². The van der Waals surface area contributed by atoms with Crippen molar-refractivity contribution in [2.45, 2.75) is 26.7 Å². The van der Waals surface area contributed by atoms with Crippen molar-refractivity contribution in [3.05, 3.63) is 0 Å². The van der Waals surface area contributed by atoms with E-state index in [2.05, 4.69) is 10.8 Å². The molecule has 0 bridgehead atoms. The first-order chi connectivity index (χ1) is 5.61. The zero-order chi connectivity index (χ0) is 9.56. The molecule has 0 saturated carbocycles. The molecule has 68 valence electrons. The molecule has 12 heavy (non-hydrogen) atoms. The van der Waals surface area contributed by atoms with Gasteiger partial charge in [0.05, 0.1) is 19.1 Å². The lowest BCUT2D eigenvalue weighted by Gasteiger charge is -2.12. The van der Waals surface area contributed by atoms with Gasteiger partial charge in [0, 0.05) is 6.42 Å². The van der Waals surface area contributed by atoms with Crippen molar-refractivity contribution in [1.29, 1.82) is 5.26 Å². The third-order valence-electron chi connectivity index (χ3n) is 1.80. The predicted molar refractivity (Wildman–Crippen MR) is 45.2 cm³/mol. The fraction of sp³-hybridized carbons (Fsp3) is 0.778. The van der Waals surface area contributed by atoms with Gasteiger partial charge in [0.15, 0.2) is 0 Å². The first-order valence-electron chi connectivity index (χ1n) is 4.06. The average Bonchev–Trinajstić information content (AvgIpc) is 2.03. The van der Waals surface area contributed by atoms with Gasteiger partial charge in [-0.2, -0.15) is 5.26 Å². The number of esters is 1. The van der Waals surface area contributed by atoms with E-state index < -0.39 is 0 Å². The van der Waals surface area contributed by atoms with Gasteiger partial charge in [0.25, 0.3) is 0 Å². The summed E-state index contributed by atoms with van der Waals surface area (Å²) >= 11 is 0. The number of methoxy groups -OCH3 is 1. The highest BCUT2D eigenvalue weighted by molar-refractivity contribution is 5.71. The number of carbonyl (C=O) groups is 1. The summed E-state index contributed by atoms with van der Waals surface area (Å²) in [6, 6.07) is 2.08. The summed E-state index contributed by atoms with van der Waals surface area (Å²) in [5.74, 6) is -0.0257. The van der Waals surface area contributed by atoms with Crippen LogP contribution in [0.2, 0.25) is 0 Å². The first kappa shape index (κ1) is 11.0. The highest BCUT2D eigenvalue weighted by Crippen LogP contribution is 2.15. The average molecular weight is 169 g/mol. The summed E-state index contributed by atoms with van der Waals surface area (Å²) in [4.78, 5) is 10.9. The van der Waals surface area contributed by atoms with E-state index >= 15 is 0 Å². The van der Waals surface area contributed by atoms with Crippen molar-refractivity contribution < 1.29 is 9.53 Å². The van der Waals surface area contributed by atoms with E-state index in [4.69, 9.17) is 5.26 Å². The van der Waals surface area contributed by atoms with Crippen LogP contribution >= 0.6 is 0 Å². The Morgan fingerprint density at radius 3 is 2.58 bits per heavy atom. The van der Waals surface area contributed by atoms with E-state index in [1.54, 1.807) is 0 Å². The highest BCUT2D eigenvalue weighted by atomic mass is 16.5. The lowest BCUT2D eigenvalue weighted by atomic mass is 9.95. The zero-order valence-electron chi connectivity index (χ0n) is 7.83. The standard InChI is InChI=1S/C9H15NO2/c1-7(4-5-10)6-8(2)9(11)12-3/h7-8H,4,6H2,1-3H3. The summed E-state index contributed by atoms with van der Waals surface area (Å²) < 4.78 is 4.57. The lowest BCUT2D eigenvalue weighted by Crippen LogP contribution is -2.15. The number of rotatable bonds is 4. The molecule has 0 saturated heterocycles. The second kappa shape index (κ2) is 5.59. The molecule has 0 radical (unpaired) electrons. The normalized spacial score (nSPS) is 14.5. The Hall–Kier alpha value is -1.04. The zero-order valence-corrected chi connectivity index (χ0v) is 7.83. The molecule has 0 aromatic heterocycles. The molecule has 3 heteroatoms. The van der Waals surface area contributed by atoms with Crippen LogP contribution in [0, 0.1) is 23.2 Å². The van der Waals surface area contributed by atoms with Gasteiger partial charge in [0.1, 0.15) is 0 Å². The quantitative estimate of drug-likeness (QED) is 0.602. The number of hydrogen-bond donors (Lipinski definition) is 0. The van der Waals surface area contributed by atoms with Crippen molar-refractivity contribution in [2.75, 3.05) is 7.11 Å². The fourth-order valence-electron chi connectivity index (χ4n) is 1.14. The molecule has 0 amide bonds. The second-order valence-electron chi connectivity index (χ2n) is 3.13. The van der Waals surface area contributed by atoms with Crippen molar-refractivity contribution in [1.82, 2.24) is 0 Å². The van der Waals surface area contributed by atoms with Crippen LogP contribution in [-0.2, 0) is 9.53 Å². The number of hydrogen-bond acceptors (Lipinski definition) is 3. The highest BCUT2D eigenvalue weighted by Gasteiger charge is 2.16. The third-order valence-corrected chi connectivity index (χ3v) is 1.80. The molecule has 2 unspecified atom stereocenters. The molecule has 0 heterocycles. The monoisotopic (exact) mass is 169 g/mol. The summed E-state index contributed by atoms with van der Waals surface area (Å²) in [6.07, 6.45) is 1.22. The molecule has 2 atom stereocenters. The van der Waals surface area contributed by atoms with Gasteiger partial charge in [-0.25, -0.2) is 0 Å². The van der Waals surface area contributed by atoms with Gasteiger partial charge in [-0.15, -0.1) is 0 Å². The van der Waals surface area contributed by atoms with Crippen molar-refractivity contribution in [3.63, 3.8) is 0 Å². The van der Waals surface area contributed by atoms with Crippen LogP contribution in [0.3, 0.4) is 0 Å². The molecule has 0 N–H and O–H groups in total. The Morgan fingerprint density at radius 2 is 2.17 bits per heavy atom. The fourth-order valence-corrected chi connectivity index (χ4v) is 1.14. The van der Waals surface area contributed by atoms with Crippen LogP contribution in [0.1, 0.15) is 26.7 Å². The third kappa shape index (κ3) is 3.97. The molecular weight excluding hydrogens is 154 g/mol. The van der Waals surface area contributed by atoms with E-state index in [1.165, 1.54) is 7.11 Å². The topological polar surface area (TPSA) is 50.1 Å². The van der Waals surface area contributed by atoms with E-state index in [-0.39, 0.29) is 17.8 Å². The van der Waals surface area contributed by atoms with Crippen LogP contribution in [0.5, 0.6) is 0 Å². The smallest absolute Gasteiger partial charge is 0.308 e. The first-order valence-corrected chi connectivity index (χ1v) is 4.06. The molecule has 0 aromatic carbocycles. The van der Waals surface area contributed by atoms with Gasteiger partial charge in [-0.1, -0.05) is 13.8 Å². The maximum absolute atomic E-state index is 10.9. The van der Waals surface area contributed by atoms with E-state index in [1.807, 2.05) is 13.8 Å². The summed E-state index contributed by atoms with van der Waals surface area (Å²) in [5, 5.41) is 8.38. The summed E-state index contributed by atoms with van der Waals surface area (Å²) in [5.41, 5.74) is 0. The maximum Gasteiger partial charge on any atom is 0.308 e. The number of ether oxygens (including phenoxy) is 1. The van der Waals surface area contributed by atoms with Crippen LogP contribution in [-0.4, -0.2) is 13.1 Å². The number of nitrogens with zero attached hydrogens (tertiary/aromatic N) is 1. The Labute approximate surface area is 73.3 Å². The van der Waals surface area contributed by atoms with Crippen LogP contribution in [0.15, 0.2) is 0 Å². The molecular formula is C9H15NO2. The molecule has 0 fully saturated rings. The largest absolute Gasteiger partial charge is 0.469 e. The van der Waals surface area contributed by atoms with Crippen molar-refractivity contribution in [2.24, 2.45) is 11.8 Å². The van der Waals surface area contributed by atoms with Gasteiger partial charge < -0.3 is 4.74 Å². The van der Waals surface area contributed by atoms with Crippen molar-refractivity contribution >= 4 is 5.97 Å². The maximum atomic E-state index is 10.9. The van der Waals surface area contributed by atoms with E-state index in [0.29, 0.717) is 6.42 Å². The Morgan fingerprint density at radius 1 is 1.58 bits per heavy atom. The Balaban J connectivity index is 3.76. The Kier molecular flexibility index (Phi) is 5.11. The van der Waals surface area contributed by atoms with Gasteiger partial charge in [-0.05, 0) is 12.3 Å². The minimum Gasteiger partial charge on any atom is -0.469 e. The minimum atomic E-state index is -0.195. The molecule has 0 aliphatic rings. The van der Waals surface area contributed by atoms with E-state index in [9.17, 15) is 4.79 Å². The van der Waals surface area contributed by atoms with Crippen LogP contribution < -0.4 is 0 Å².